The fourth-order valence-corrected chi connectivity index (χ4v) is 1.79. The maximum Gasteiger partial charge on any atom is 0.254 e. The molecule has 2 rings (SSSR count). The number of nitrogens with one attached hydrogen (secondary N) is 1. The molecule has 1 aliphatic rings. The summed E-state index contributed by atoms with van der Waals surface area (Å²) < 4.78 is 0. The minimum absolute atomic E-state index is 0.0698. The Morgan fingerprint density at radius 2 is 2.12 bits per heavy atom. The highest BCUT2D eigenvalue weighted by molar-refractivity contribution is 6.34. The molecule has 1 aromatic heterocycles. The standard InChI is InChI=1S/C10H11Cl2N3O/c1-10(2)4-6(10)13-9(16)5-3-7(11)14-15-8(5)12/h3,6H,4H2,1-2H3,(H,13,16). The van der Waals surface area contributed by atoms with Crippen LogP contribution in [0.4, 0.5) is 0 Å². The Hall–Kier alpha value is -0.870. The second-order valence-electron chi connectivity index (χ2n) is 4.59. The average Bonchev–Trinajstić information content (AvgIpc) is 2.77. The molecule has 0 saturated heterocycles. The lowest BCUT2D eigenvalue weighted by Gasteiger charge is -2.07. The zero-order valence-electron chi connectivity index (χ0n) is 8.92. The van der Waals surface area contributed by atoms with Crippen molar-refractivity contribution in [3.05, 3.63) is 21.9 Å². The molecule has 1 aliphatic carbocycles. The Kier molecular flexibility index (Phi) is 2.80. The number of hydrogen-bond donors (Lipinski definition) is 1. The molecule has 1 fully saturated rings. The minimum atomic E-state index is -0.252. The number of carbonyl (C=O) groups is 1. The highest BCUT2D eigenvalue weighted by Crippen LogP contribution is 2.44. The Bertz CT molecular complexity index is 448. The molecule has 1 unspecified atom stereocenters. The molecule has 1 N–H and O–H groups in total. The van der Waals surface area contributed by atoms with Crippen LogP contribution in [-0.4, -0.2) is 22.1 Å². The van der Waals surface area contributed by atoms with E-state index in [0.29, 0.717) is 0 Å². The van der Waals surface area contributed by atoms with Crippen LogP contribution in [0, 0.1) is 5.41 Å². The first-order chi connectivity index (χ1) is 7.40. The molecular formula is C10H11Cl2N3O. The molecule has 86 valence electrons. The molecule has 1 aromatic rings. The van der Waals surface area contributed by atoms with Crippen molar-refractivity contribution >= 4 is 29.1 Å². The Labute approximate surface area is 103 Å². The minimum Gasteiger partial charge on any atom is -0.349 e. The van der Waals surface area contributed by atoms with Crippen LogP contribution in [0.25, 0.3) is 0 Å². The first-order valence-electron chi connectivity index (χ1n) is 4.90. The van der Waals surface area contributed by atoms with Crippen LogP contribution in [0.2, 0.25) is 10.3 Å². The monoisotopic (exact) mass is 259 g/mol. The number of carbonyl (C=O) groups excluding carboxylic acids is 1. The van der Waals surface area contributed by atoms with Gasteiger partial charge in [-0.2, -0.15) is 0 Å². The van der Waals surface area contributed by atoms with Gasteiger partial charge in [0.05, 0.1) is 5.56 Å². The highest BCUT2D eigenvalue weighted by atomic mass is 35.5. The van der Waals surface area contributed by atoms with Crippen molar-refractivity contribution in [3.63, 3.8) is 0 Å². The van der Waals surface area contributed by atoms with E-state index in [1.807, 2.05) is 0 Å². The van der Waals surface area contributed by atoms with Crippen molar-refractivity contribution in [2.75, 3.05) is 0 Å². The molecule has 1 saturated carbocycles. The molecule has 1 heterocycles. The van der Waals surface area contributed by atoms with E-state index in [-0.39, 0.29) is 33.2 Å². The summed E-state index contributed by atoms with van der Waals surface area (Å²) in [5.74, 6) is -0.252. The molecule has 0 radical (unpaired) electrons. The predicted octanol–water partition coefficient (Wildman–Crippen LogP) is 2.31. The maximum absolute atomic E-state index is 11.8. The van der Waals surface area contributed by atoms with E-state index in [2.05, 4.69) is 29.4 Å². The van der Waals surface area contributed by atoms with Crippen LogP contribution in [0.1, 0.15) is 30.6 Å². The van der Waals surface area contributed by atoms with E-state index in [0.717, 1.165) is 6.42 Å². The number of aromatic nitrogens is 2. The molecule has 0 spiro atoms. The number of nitrogens with zero attached hydrogens (tertiary/aromatic N) is 2. The van der Waals surface area contributed by atoms with Crippen LogP contribution in [0.15, 0.2) is 6.07 Å². The number of amides is 1. The first-order valence-corrected chi connectivity index (χ1v) is 5.65. The topological polar surface area (TPSA) is 54.9 Å². The third-order valence-electron chi connectivity index (χ3n) is 2.78. The van der Waals surface area contributed by atoms with Gasteiger partial charge in [-0.25, -0.2) is 0 Å². The lowest BCUT2D eigenvalue weighted by Crippen LogP contribution is -2.28. The number of rotatable bonds is 2. The Balaban J connectivity index is 2.12. The maximum atomic E-state index is 11.8. The zero-order chi connectivity index (χ0) is 11.9. The van der Waals surface area contributed by atoms with E-state index in [4.69, 9.17) is 23.2 Å². The SMILES string of the molecule is CC1(C)CC1NC(=O)c1cc(Cl)nnc1Cl. The van der Waals surface area contributed by atoms with Gasteiger partial charge in [-0.05, 0) is 17.9 Å². The van der Waals surface area contributed by atoms with E-state index in [1.54, 1.807) is 0 Å². The lowest BCUT2D eigenvalue weighted by molar-refractivity contribution is 0.0946. The van der Waals surface area contributed by atoms with Crippen LogP contribution in [0.5, 0.6) is 0 Å². The summed E-state index contributed by atoms with van der Waals surface area (Å²) in [6, 6.07) is 1.62. The van der Waals surface area contributed by atoms with E-state index >= 15 is 0 Å². The zero-order valence-corrected chi connectivity index (χ0v) is 10.4. The normalized spacial score (nSPS) is 21.6. The summed E-state index contributed by atoms with van der Waals surface area (Å²) >= 11 is 11.4. The van der Waals surface area contributed by atoms with Gasteiger partial charge in [0, 0.05) is 6.04 Å². The van der Waals surface area contributed by atoms with Crippen molar-refractivity contribution in [2.24, 2.45) is 5.41 Å². The van der Waals surface area contributed by atoms with E-state index in [1.165, 1.54) is 6.07 Å². The van der Waals surface area contributed by atoms with Gasteiger partial charge in [0.25, 0.3) is 5.91 Å². The van der Waals surface area contributed by atoms with E-state index in [9.17, 15) is 4.79 Å². The second kappa shape index (κ2) is 3.86. The van der Waals surface area contributed by atoms with Crippen LogP contribution in [0.3, 0.4) is 0 Å². The molecule has 6 heteroatoms. The molecule has 0 bridgehead atoms. The van der Waals surface area contributed by atoms with Gasteiger partial charge in [0.2, 0.25) is 0 Å². The van der Waals surface area contributed by atoms with Gasteiger partial charge in [0.1, 0.15) is 0 Å². The largest absolute Gasteiger partial charge is 0.349 e. The third kappa shape index (κ3) is 2.28. The van der Waals surface area contributed by atoms with Gasteiger partial charge < -0.3 is 5.32 Å². The summed E-state index contributed by atoms with van der Waals surface area (Å²) in [7, 11) is 0. The second-order valence-corrected chi connectivity index (χ2v) is 5.34. The molecule has 0 aliphatic heterocycles. The third-order valence-corrected chi connectivity index (χ3v) is 3.25. The summed E-state index contributed by atoms with van der Waals surface area (Å²) in [5, 5.41) is 10.2. The lowest BCUT2D eigenvalue weighted by atomic mass is 10.2. The van der Waals surface area contributed by atoms with Gasteiger partial charge in [0.15, 0.2) is 10.3 Å². The fraction of sp³-hybridized carbons (Fsp3) is 0.500. The molecule has 16 heavy (non-hydrogen) atoms. The Morgan fingerprint density at radius 1 is 1.50 bits per heavy atom. The van der Waals surface area contributed by atoms with E-state index < -0.39 is 0 Å². The van der Waals surface area contributed by atoms with Crippen molar-refractivity contribution in [3.8, 4) is 0 Å². The molecule has 1 atom stereocenters. The quantitative estimate of drug-likeness (QED) is 0.887. The average molecular weight is 260 g/mol. The molecule has 0 aromatic carbocycles. The van der Waals surface area contributed by atoms with Crippen molar-refractivity contribution < 1.29 is 4.79 Å². The fourth-order valence-electron chi connectivity index (χ4n) is 1.46. The van der Waals surface area contributed by atoms with Crippen LogP contribution in [-0.2, 0) is 0 Å². The van der Waals surface area contributed by atoms with Gasteiger partial charge in [-0.3, -0.25) is 4.79 Å². The summed E-state index contributed by atoms with van der Waals surface area (Å²) in [5.41, 5.74) is 0.441. The molecule has 1 amide bonds. The van der Waals surface area contributed by atoms with Crippen LogP contribution < -0.4 is 5.32 Å². The summed E-state index contributed by atoms with van der Waals surface area (Å²) in [6.07, 6.45) is 0.975. The van der Waals surface area contributed by atoms with Gasteiger partial charge in [-0.1, -0.05) is 37.0 Å². The van der Waals surface area contributed by atoms with Crippen molar-refractivity contribution in [1.29, 1.82) is 0 Å². The first kappa shape index (κ1) is 11.6. The molecular weight excluding hydrogens is 249 g/mol. The molecule has 4 nitrogen and oxygen atoms in total. The highest BCUT2D eigenvalue weighted by Gasteiger charge is 2.46. The summed E-state index contributed by atoms with van der Waals surface area (Å²) in [6.45, 7) is 4.19. The Morgan fingerprint density at radius 3 is 2.69 bits per heavy atom. The number of halogens is 2. The smallest absolute Gasteiger partial charge is 0.254 e. The van der Waals surface area contributed by atoms with Gasteiger partial charge >= 0.3 is 0 Å². The van der Waals surface area contributed by atoms with Crippen molar-refractivity contribution in [1.82, 2.24) is 15.5 Å². The van der Waals surface area contributed by atoms with Gasteiger partial charge in [-0.15, -0.1) is 10.2 Å². The summed E-state index contributed by atoms with van der Waals surface area (Å²) in [4.78, 5) is 11.8. The van der Waals surface area contributed by atoms with Crippen molar-refractivity contribution in [2.45, 2.75) is 26.3 Å². The predicted molar refractivity (Wildman–Crippen MR) is 61.7 cm³/mol. The number of hydrogen-bond acceptors (Lipinski definition) is 3. The van der Waals surface area contributed by atoms with Crippen LogP contribution >= 0.6 is 23.2 Å².